The van der Waals surface area contributed by atoms with Crippen molar-refractivity contribution in [2.24, 2.45) is 10.9 Å². The lowest BCUT2D eigenvalue weighted by Gasteiger charge is -2.30. The largest absolute Gasteiger partial charge is 0.493 e. The van der Waals surface area contributed by atoms with Gasteiger partial charge in [0.1, 0.15) is 5.92 Å². The molecule has 1 aromatic heterocycles. The van der Waals surface area contributed by atoms with Gasteiger partial charge in [0.25, 0.3) is 0 Å². The van der Waals surface area contributed by atoms with E-state index in [9.17, 15) is 9.59 Å². The van der Waals surface area contributed by atoms with Crippen LogP contribution in [0, 0.1) is 5.92 Å². The maximum absolute atomic E-state index is 13.3. The Morgan fingerprint density at radius 1 is 1.26 bits per heavy atom. The van der Waals surface area contributed by atoms with Crippen LogP contribution >= 0.6 is 0 Å². The number of H-pyrrole nitrogens is 1. The van der Waals surface area contributed by atoms with Crippen molar-refractivity contribution in [3.63, 3.8) is 0 Å². The molecule has 0 spiro atoms. The molecule has 2 aliphatic rings. The molecule has 0 saturated heterocycles. The highest BCUT2D eigenvalue weighted by atomic mass is 16.7. The van der Waals surface area contributed by atoms with Crippen LogP contribution in [-0.4, -0.2) is 41.8 Å². The number of nitrogens with zero attached hydrogens (tertiary/aromatic N) is 2. The van der Waals surface area contributed by atoms with Gasteiger partial charge in [-0.25, -0.2) is 9.79 Å². The molecule has 2 aromatic carbocycles. The Morgan fingerprint density at radius 2 is 2.13 bits per heavy atom. The fraction of sp³-hybridized carbons (Fsp3) is 0.238. The van der Waals surface area contributed by atoms with Gasteiger partial charge in [0.05, 0.1) is 24.9 Å². The summed E-state index contributed by atoms with van der Waals surface area (Å²) >= 11 is 0. The minimum absolute atomic E-state index is 0.0765. The number of hydrogen-bond acceptors (Lipinski definition) is 6. The normalized spacial score (nSPS) is 19.7. The molecule has 0 radical (unpaired) electrons. The number of carbonyl (C=O) groups excluding carboxylic acids is 2. The summed E-state index contributed by atoms with van der Waals surface area (Å²) in [5.41, 5.74) is 2.54. The predicted octanol–water partition coefficient (Wildman–Crippen LogP) is 2.78. The van der Waals surface area contributed by atoms with Crippen molar-refractivity contribution in [2.75, 3.05) is 19.2 Å². The van der Waals surface area contributed by atoms with E-state index >= 15 is 0 Å². The zero-order chi connectivity index (χ0) is 21.5. The summed E-state index contributed by atoms with van der Waals surface area (Å²) in [6.45, 7) is 1.74. The Bertz CT molecular complexity index is 1230. The zero-order valence-electron chi connectivity index (χ0n) is 16.8. The molecule has 10 nitrogen and oxygen atoms in total. The smallest absolute Gasteiger partial charge is 0.341 e. The van der Waals surface area contributed by atoms with Gasteiger partial charge in [-0.05, 0) is 42.8 Å². The lowest BCUT2D eigenvalue weighted by atomic mass is 9.87. The van der Waals surface area contributed by atoms with Gasteiger partial charge in [0.15, 0.2) is 11.5 Å². The number of benzene rings is 2. The van der Waals surface area contributed by atoms with E-state index in [2.05, 4.69) is 25.8 Å². The Hall–Kier alpha value is -4.08. The number of fused-ring (bicyclic) bond motifs is 2. The molecular formula is C21H19N5O5. The second kappa shape index (κ2) is 7.31. The number of aromatic amines is 1. The minimum Gasteiger partial charge on any atom is -0.493 e. The molecule has 0 fully saturated rings. The molecule has 0 aliphatic carbocycles. The fourth-order valence-corrected chi connectivity index (χ4v) is 3.91. The van der Waals surface area contributed by atoms with Crippen LogP contribution < -0.4 is 24.8 Å². The maximum Gasteiger partial charge on any atom is 0.341 e. The molecule has 3 amide bonds. The minimum atomic E-state index is -0.733. The number of ether oxygens (including phenoxy) is 3. The van der Waals surface area contributed by atoms with Crippen LogP contribution in [-0.2, 0) is 4.79 Å². The Kier molecular flexibility index (Phi) is 4.46. The summed E-state index contributed by atoms with van der Waals surface area (Å²) in [6.07, 6.45) is 1.68. The van der Waals surface area contributed by atoms with Crippen LogP contribution in [0.5, 0.6) is 17.2 Å². The molecule has 2 atom stereocenters. The zero-order valence-corrected chi connectivity index (χ0v) is 16.8. The molecule has 2 aliphatic heterocycles. The standard InChI is InChI=1S/C21H19N5O5/c1-10-17(20(27)24-13-3-4-14-12(5-13)8-22-26-14)18(25-21(28)23-10)11-6-15(29-2)19-16(7-11)30-9-31-19/h3-8,17-18H,9H2,1-2H3,(H,22,26)(H,24,27)(H,25,28). The van der Waals surface area contributed by atoms with Crippen LogP contribution in [0.3, 0.4) is 0 Å². The van der Waals surface area contributed by atoms with E-state index in [1.54, 1.807) is 31.3 Å². The molecule has 5 rings (SSSR count). The highest BCUT2D eigenvalue weighted by molar-refractivity contribution is 6.13. The molecule has 0 saturated carbocycles. The van der Waals surface area contributed by atoms with Gasteiger partial charge in [-0.1, -0.05) is 0 Å². The number of carbonyl (C=O) groups is 2. The van der Waals surface area contributed by atoms with Gasteiger partial charge in [-0.3, -0.25) is 9.89 Å². The summed E-state index contributed by atoms with van der Waals surface area (Å²) in [6, 6.07) is 7.74. The van der Waals surface area contributed by atoms with Crippen molar-refractivity contribution in [3.05, 3.63) is 42.1 Å². The van der Waals surface area contributed by atoms with Crippen molar-refractivity contribution in [2.45, 2.75) is 13.0 Å². The number of nitrogens with one attached hydrogen (secondary N) is 3. The van der Waals surface area contributed by atoms with Crippen molar-refractivity contribution < 1.29 is 23.8 Å². The van der Waals surface area contributed by atoms with E-state index < -0.39 is 18.0 Å². The summed E-state index contributed by atoms with van der Waals surface area (Å²) in [5, 5.41) is 13.4. The second-order valence-electron chi connectivity index (χ2n) is 7.28. The average molecular weight is 421 g/mol. The van der Waals surface area contributed by atoms with Crippen LogP contribution in [0.4, 0.5) is 10.5 Å². The number of methoxy groups -OCH3 is 1. The molecule has 3 aromatic rings. The number of hydrogen-bond donors (Lipinski definition) is 3. The van der Waals surface area contributed by atoms with E-state index in [1.165, 1.54) is 7.11 Å². The molecule has 0 bridgehead atoms. The highest BCUT2D eigenvalue weighted by Gasteiger charge is 2.38. The number of rotatable bonds is 4. The Balaban J connectivity index is 1.49. The molecule has 3 heterocycles. The number of urea groups is 1. The second-order valence-corrected chi connectivity index (χ2v) is 7.28. The number of anilines is 1. The third-order valence-electron chi connectivity index (χ3n) is 5.37. The fourth-order valence-electron chi connectivity index (χ4n) is 3.91. The van der Waals surface area contributed by atoms with Crippen molar-refractivity contribution in [1.82, 2.24) is 15.5 Å². The van der Waals surface area contributed by atoms with Gasteiger partial charge in [0.2, 0.25) is 18.4 Å². The Labute approximate surface area is 176 Å². The topological polar surface area (TPSA) is 127 Å². The number of aromatic nitrogens is 2. The summed E-state index contributed by atoms with van der Waals surface area (Å²) < 4.78 is 16.3. The first kappa shape index (κ1) is 18.9. The van der Waals surface area contributed by atoms with Crippen molar-refractivity contribution >= 4 is 34.2 Å². The van der Waals surface area contributed by atoms with Crippen molar-refractivity contribution in [1.29, 1.82) is 0 Å². The predicted molar refractivity (Wildman–Crippen MR) is 112 cm³/mol. The van der Waals surface area contributed by atoms with Crippen LogP contribution in [0.15, 0.2) is 41.5 Å². The van der Waals surface area contributed by atoms with Crippen LogP contribution in [0.25, 0.3) is 10.9 Å². The van der Waals surface area contributed by atoms with E-state index in [0.29, 0.717) is 34.2 Å². The third kappa shape index (κ3) is 3.31. The van der Waals surface area contributed by atoms with Gasteiger partial charge in [-0.15, -0.1) is 0 Å². The maximum atomic E-state index is 13.3. The van der Waals surface area contributed by atoms with E-state index in [-0.39, 0.29) is 12.7 Å². The van der Waals surface area contributed by atoms with Gasteiger partial charge in [-0.2, -0.15) is 5.10 Å². The molecule has 158 valence electrons. The SMILES string of the molecule is COc1cc(C2NC(=O)N=C(C)C2C(=O)Nc2ccc3[nH]ncc3c2)cc2c1OCO2. The summed E-state index contributed by atoms with van der Waals surface area (Å²) in [4.78, 5) is 29.4. The van der Waals surface area contributed by atoms with Crippen molar-refractivity contribution in [3.8, 4) is 17.2 Å². The van der Waals surface area contributed by atoms with Gasteiger partial charge >= 0.3 is 6.03 Å². The Morgan fingerprint density at radius 3 is 2.97 bits per heavy atom. The molecule has 31 heavy (non-hydrogen) atoms. The molecule has 3 N–H and O–H groups in total. The summed E-state index contributed by atoms with van der Waals surface area (Å²) in [5.74, 6) is 0.416. The first-order valence-corrected chi connectivity index (χ1v) is 9.60. The lowest BCUT2D eigenvalue weighted by molar-refractivity contribution is -0.118. The first-order chi connectivity index (χ1) is 15.0. The van der Waals surface area contributed by atoms with E-state index in [0.717, 1.165) is 10.9 Å². The lowest BCUT2D eigenvalue weighted by Crippen LogP contribution is -2.45. The number of aliphatic imine (C=N–C) groups is 1. The average Bonchev–Trinajstić information content (AvgIpc) is 3.41. The third-order valence-corrected chi connectivity index (χ3v) is 5.37. The quantitative estimate of drug-likeness (QED) is 0.595. The molecule has 10 heteroatoms. The van der Waals surface area contributed by atoms with Gasteiger partial charge < -0.3 is 24.8 Å². The molecular weight excluding hydrogens is 402 g/mol. The highest BCUT2D eigenvalue weighted by Crippen LogP contribution is 2.44. The molecule has 2 unspecified atom stereocenters. The van der Waals surface area contributed by atoms with E-state index in [1.807, 2.05) is 12.1 Å². The summed E-state index contributed by atoms with van der Waals surface area (Å²) in [7, 11) is 1.52. The number of amides is 3. The van der Waals surface area contributed by atoms with Crippen LogP contribution in [0.2, 0.25) is 0 Å². The van der Waals surface area contributed by atoms with Gasteiger partial charge in [0, 0.05) is 16.8 Å². The first-order valence-electron chi connectivity index (χ1n) is 9.60. The monoisotopic (exact) mass is 421 g/mol. The van der Waals surface area contributed by atoms with Crippen LogP contribution in [0.1, 0.15) is 18.5 Å². The van der Waals surface area contributed by atoms with E-state index in [4.69, 9.17) is 14.2 Å².